The smallest absolute Gasteiger partial charge is 0.185 e. The molecule has 0 saturated carbocycles. The molecule has 4 rings (SSSR count). The third-order valence-electron chi connectivity index (χ3n) is 5.38. The minimum Gasteiger partial charge on any atom is -0.505 e. The number of ketones is 2. The molecule has 0 fully saturated rings. The van der Waals surface area contributed by atoms with Crippen LogP contribution < -0.4 is 0 Å². The maximum Gasteiger partial charge on any atom is 0.185 e. The van der Waals surface area contributed by atoms with Crippen molar-refractivity contribution in [2.75, 3.05) is 12.5 Å². The van der Waals surface area contributed by atoms with Gasteiger partial charge in [0.2, 0.25) is 0 Å². The van der Waals surface area contributed by atoms with E-state index in [1.807, 2.05) is 48.9 Å². The van der Waals surface area contributed by atoms with Gasteiger partial charge in [-0.05, 0) is 97.8 Å². The number of Topliss-reactive ketones (excluding diaryl/α,β-unsaturated/α-hetero) is 1. The summed E-state index contributed by atoms with van der Waals surface area (Å²) in [5.41, 5.74) is 2.10. The summed E-state index contributed by atoms with van der Waals surface area (Å²) in [6.45, 7) is 1.58. The molecule has 0 radical (unpaired) electrons. The molecule has 0 amide bonds. The molecular weight excluding hydrogens is 566 g/mol. The first-order valence-corrected chi connectivity index (χ1v) is 14.5. The highest BCUT2D eigenvalue weighted by Gasteiger charge is 2.03. The van der Waals surface area contributed by atoms with Crippen LogP contribution >= 0.6 is 23.5 Å². The molecule has 0 aliphatic heterocycles. The Labute approximate surface area is 245 Å². The van der Waals surface area contributed by atoms with E-state index < -0.39 is 23.1 Å². The normalized spacial score (nSPS) is 10.2. The number of carbonyl (C=O) groups is 3. The molecule has 0 heterocycles. The number of phenolic OH excluding ortho intramolecular Hbond substituents is 2. The van der Waals surface area contributed by atoms with E-state index in [1.54, 1.807) is 48.6 Å². The summed E-state index contributed by atoms with van der Waals surface area (Å²) in [5, 5.41) is 17.7. The molecule has 0 bridgehead atoms. The first-order chi connectivity index (χ1) is 19.6. The number of rotatable bonds is 7. The zero-order valence-electron chi connectivity index (χ0n) is 22.5. The Morgan fingerprint density at radius 2 is 1.12 bits per heavy atom. The maximum absolute atomic E-state index is 13.1. The van der Waals surface area contributed by atoms with Crippen LogP contribution in [-0.2, 0) is 0 Å². The van der Waals surface area contributed by atoms with Crippen molar-refractivity contribution in [3.05, 3.63) is 125 Å². The van der Waals surface area contributed by atoms with Gasteiger partial charge in [-0.25, -0.2) is 8.78 Å². The fourth-order valence-corrected chi connectivity index (χ4v) is 3.89. The van der Waals surface area contributed by atoms with Crippen LogP contribution in [0.3, 0.4) is 0 Å². The number of hydrogen-bond donors (Lipinski definition) is 2. The molecule has 0 unspecified atom stereocenters. The lowest BCUT2D eigenvalue weighted by molar-refractivity contribution is 0.101. The molecule has 5 nitrogen and oxygen atoms in total. The van der Waals surface area contributed by atoms with E-state index in [2.05, 4.69) is 0 Å². The van der Waals surface area contributed by atoms with Gasteiger partial charge in [0.1, 0.15) is 6.29 Å². The molecule has 2 N–H and O–H groups in total. The number of aldehydes is 1. The minimum atomic E-state index is -0.774. The summed E-state index contributed by atoms with van der Waals surface area (Å²) in [7, 11) is 0. The number of thioether (sulfide) groups is 2. The summed E-state index contributed by atoms with van der Waals surface area (Å²) < 4.78 is 25.5. The monoisotopic (exact) mass is 594 g/mol. The van der Waals surface area contributed by atoms with Gasteiger partial charge in [-0.15, -0.1) is 23.5 Å². The van der Waals surface area contributed by atoms with Gasteiger partial charge in [-0.2, -0.15) is 0 Å². The van der Waals surface area contributed by atoms with Crippen molar-refractivity contribution < 1.29 is 33.4 Å². The Morgan fingerprint density at radius 3 is 1.54 bits per heavy atom. The van der Waals surface area contributed by atoms with Crippen LogP contribution in [0.1, 0.15) is 43.6 Å². The van der Waals surface area contributed by atoms with Crippen LogP contribution in [-0.4, -0.2) is 40.6 Å². The van der Waals surface area contributed by atoms with Gasteiger partial charge in [-0.1, -0.05) is 24.3 Å². The van der Waals surface area contributed by atoms with Gasteiger partial charge in [0.05, 0.1) is 0 Å². The van der Waals surface area contributed by atoms with Gasteiger partial charge < -0.3 is 10.2 Å². The molecule has 0 aromatic heterocycles. The summed E-state index contributed by atoms with van der Waals surface area (Å²) in [4.78, 5) is 35.1. The number of hydrogen-bond acceptors (Lipinski definition) is 7. The largest absolute Gasteiger partial charge is 0.505 e. The second-order valence-corrected chi connectivity index (χ2v) is 10.0. The number of benzene rings is 4. The minimum absolute atomic E-state index is 0.123. The van der Waals surface area contributed by atoms with Crippen molar-refractivity contribution >= 4 is 47.5 Å². The van der Waals surface area contributed by atoms with E-state index in [4.69, 9.17) is 10.2 Å². The van der Waals surface area contributed by atoms with Gasteiger partial charge in [0.25, 0.3) is 0 Å². The standard InChI is InChI=1S/C16H13FO2S.C9H10OS.C7H5FO2/c1-20-13-6-4-12(5-7-13)15(18)8-2-11-3-9-16(19)14(17)10-11;1-7(10)8-3-5-9(11-2)6-4-8;8-6-3-5(4-9)1-2-7(6)10/h2-10,19H,1H3;3-6H,1-2H3;1-4,10H/b8-2+;;. The Hall–Kier alpha value is -4.21. The fourth-order valence-electron chi connectivity index (χ4n) is 3.07. The Balaban J connectivity index is 0.000000236. The van der Waals surface area contributed by atoms with Crippen LogP contribution in [0.5, 0.6) is 11.5 Å². The lowest BCUT2D eigenvalue weighted by Gasteiger charge is -1.99. The zero-order valence-corrected chi connectivity index (χ0v) is 24.1. The van der Waals surface area contributed by atoms with E-state index in [0.717, 1.165) is 22.6 Å². The molecule has 9 heteroatoms. The van der Waals surface area contributed by atoms with Crippen molar-refractivity contribution in [1.82, 2.24) is 0 Å². The highest BCUT2D eigenvalue weighted by atomic mass is 32.2. The summed E-state index contributed by atoms with van der Waals surface area (Å²) in [5.74, 6) is -2.34. The molecule has 0 aliphatic rings. The number of halogens is 2. The van der Waals surface area contributed by atoms with E-state index in [0.29, 0.717) is 17.4 Å². The van der Waals surface area contributed by atoms with E-state index >= 15 is 0 Å². The topological polar surface area (TPSA) is 91.7 Å². The Bertz CT molecular complexity index is 1500. The molecule has 0 aliphatic carbocycles. The third kappa shape index (κ3) is 11.1. The third-order valence-corrected chi connectivity index (χ3v) is 6.86. The quantitative estimate of drug-likeness (QED) is 0.0967. The number of phenols is 2. The van der Waals surface area contributed by atoms with Crippen molar-refractivity contribution in [1.29, 1.82) is 0 Å². The average Bonchev–Trinajstić information content (AvgIpc) is 2.99. The van der Waals surface area contributed by atoms with Crippen LogP contribution in [0.4, 0.5) is 8.78 Å². The number of aromatic hydroxyl groups is 2. The molecule has 41 heavy (non-hydrogen) atoms. The molecule has 0 spiro atoms. The molecule has 4 aromatic carbocycles. The van der Waals surface area contributed by atoms with E-state index in [-0.39, 0.29) is 17.1 Å². The second-order valence-electron chi connectivity index (χ2n) is 8.25. The lowest BCUT2D eigenvalue weighted by Crippen LogP contribution is -1.93. The SMILES string of the molecule is CSc1ccc(C(=O)/C=C/c2ccc(O)c(F)c2)cc1.CSc1ccc(C(C)=O)cc1.O=Cc1ccc(O)c(F)c1. The summed E-state index contributed by atoms with van der Waals surface area (Å²) >= 11 is 3.29. The van der Waals surface area contributed by atoms with Crippen LogP contribution in [0.15, 0.2) is 101 Å². The van der Waals surface area contributed by atoms with Crippen molar-refractivity contribution in [2.24, 2.45) is 0 Å². The Kier molecular flexibility index (Phi) is 13.5. The average molecular weight is 595 g/mol. The van der Waals surface area contributed by atoms with Crippen LogP contribution in [0.2, 0.25) is 0 Å². The zero-order chi connectivity index (χ0) is 30.4. The predicted molar refractivity (Wildman–Crippen MR) is 161 cm³/mol. The highest BCUT2D eigenvalue weighted by molar-refractivity contribution is 7.98. The molecule has 0 saturated heterocycles. The van der Waals surface area contributed by atoms with Crippen LogP contribution in [0.25, 0.3) is 6.08 Å². The van der Waals surface area contributed by atoms with Crippen molar-refractivity contribution in [3.63, 3.8) is 0 Å². The van der Waals surface area contributed by atoms with Gasteiger partial charge >= 0.3 is 0 Å². The molecule has 212 valence electrons. The highest BCUT2D eigenvalue weighted by Crippen LogP contribution is 2.19. The van der Waals surface area contributed by atoms with Crippen molar-refractivity contribution in [3.8, 4) is 11.5 Å². The molecule has 0 atom stereocenters. The summed E-state index contributed by atoms with van der Waals surface area (Å²) in [6, 6.07) is 22.3. The molecule has 4 aromatic rings. The maximum atomic E-state index is 13.1. The number of carbonyl (C=O) groups excluding carboxylic acids is 3. The van der Waals surface area contributed by atoms with Gasteiger partial charge in [0.15, 0.2) is 34.7 Å². The summed E-state index contributed by atoms with van der Waals surface area (Å²) in [6.07, 6.45) is 7.41. The lowest BCUT2D eigenvalue weighted by atomic mass is 10.1. The first-order valence-electron chi connectivity index (χ1n) is 12.0. The first kappa shape index (κ1) is 33.0. The predicted octanol–water partition coefficient (Wildman–Crippen LogP) is 8.10. The van der Waals surface area contributed by atoms with Gasteiger partial charge in [0, 0.05) is 26.5 Å². The van der Waals surface area contributed by atoms with Crippen LogP contribution in [0, 0.1) is 11.6 Å². The van der Waals surface area contributed by atoms with Crippen molar-refractivity contribution in [2.45, 2.75) is 16.7 Å². The second kappa shape index (κ2) is 16.8. The Morgan fingerprint density at radius 1 is 0.683 bits per heavy atom. The van der Waals surface area contributed by atoms with Gasteiger partial charge in [-0.3, -0.25) is 14.4 Å². The molecular formula is C32H28F2O5S2. The number of allylic oxidation sites excluding steroid dienone is 1. The van der Waals surface area contributed by atoms with E-state index in [1.165, 1.54) is 35.2 Å². The fraction of sp³-hybridized carbons (Fsp3) is 0.0938. The van der Waals surface area contributed by atoms with E-state index in [9.17, 15) is 23.2 Å².